The molecule has 1 heterocycles. The lowest BCUT2D eigenvalue weighted by Crippen LogP contribution is -2.24. The van der Waals surface area contributed by atoms with E-state index in [0.29, 0.717) is 0 Å². The number of aromatic nitrogens is 1. The van der Waals surface area contributed by atoms with Gasteiger partial charge in [-0.3, -0.25) is 4.98 Å². The van der Waals surface area contributed by atoms with Crippen molar-refractivity contribution in [3.8, 4) is 0 Å². The first-order valence-electron chi connectivity index (χ1n) is 6.06. The SMILES string of the molecule is Cc1ccc(S(=O)(=O)NCc2ncccc2F)cc1C. The van der Waals surface area contributed by atoms with Crippen molar-refractivity contribution in [3.05, 3.63) is 59.2 Å². The van der Waals surface area contributed by atoms with Crippen molar-refractivity contribution in [1.82, 2.24) is 9.71 Å². The van der Waals surface area contributed by atoms with Gasteiger partial charge in [0.05, 0.1) is 17.1 Å². The Labute approximate surface area is 117 Å². The van der Waals surface area contributed by atoms with Crippen LogP contribution >= 0.6 is 0 Å². The summed E-state index contributed by atoms with van der Waals surface area (Å²) in [5.74, 6) is -0.532. The molecule has 0 aliphatic heterocycles. The number of sulfonamides is 1. The van der Waals surface area contributed by atoms with Crippen LogP contribution in [0.2, 0.25) is 0 Å². The fraction of sp³-hybridized carbons (Fsp3) is 0.214. The van der Waals surface area contributed by atoms with Gasteiger partial charge in [-0.2, -0.15) is 0 Å². The molecule has 0 unspecified atom stereocenters. The molecule has 0 aliphatic carbocycles. The van der Waals surface area contributed by atoms with Gasteiger partial charge in [0.2, 0.25) is 10.0 Å². The van der Waals surface area contributed by atoms with Gasteiger partial charge in [0, 0.05) is 6.20 Å². The van der Waals surface area contributed by atoms with Crippen LogP contribution in [-0.2, 0) is 16.6 Å². The minimum atomic E-state index is -3.67. The van der Waals surface area contributed by atoms with Crippen LogP contribution in [0.25, 0.3) is 0 Å². The highest BCUT2D eigenvalue weighted by Crippen LogP contribution is 2.15. The Morgan fingerprint density at radius 1 is 1.20 bits per heavy atom. The summed E-state index contributed by atoms with van der Waals surface area (Å²) >= 11 is 0. The number of hydrogen-bond acceptors (Lipinski definition) is 3. The number of benzene rings is 1. The monoisotopic (exact) mass is 294 g/mol. The topological polar surface area (TPSA) is 59.1 Å². The maximum atomic E-state index is 13.4. The molecule has 4 nitrogen and oxygen atoms in total. The van der Waals surface area contributed by atoms with E-state index < -0.39 is 15.8 Å². The molecule has 2 aromatic rings. The Balaban J connectivity index is 2.19. The van der Waals surface area contributed by atoms with Crippen LogP contribution < -0.4 is 4.72 Å². The van der Waals surface area contributed by atoms with Crippen molar-refractivity contribution in [3.63, 3.8) is 0 Å². The van der Waals surface area contributed by atoms with Crippen molar-refractivity contribution < 1.29 is 12.8 Å². The second kappa shape index (κ2) is 5.68. The zero-order valence-electron chi connectivity index (χ0n) is 11.2. The van der Waals surface area contributed by atoms with Crippen LogP contribution in [0.1, 0.15) is 16.8 Å². The molecule has 6 heteroatoms. The van der Waals surface area contributed by atoms with Crippen molar-refractivity contribution in [2.45, 2.75) is 25.3 Å². The normalized spacial score (nSPS) is 11.6. The highest BCUT2D eigenvalue weighted by atomic mass is 32.2. The first-order chi connectivity index (χ1) is 9.40. The van der Waals surface area contributed by atoms with E-state index in [-0.39, 0.29) is 17.1 Å². The van der Waals surface area contributed by atoms with Gasteiger partial charge >= 0.3 is 0 Å². The first kappa shape index (κ1) is 14.6. The standard InChI is InChI=1S/C14H15FN2O2S/c1-10-5-6-12(8-11(10)2)20(18,19)17-9-14-13(15)4-3-7-16-14/h3-8,17H,9H2,1-2H3. The van der Waals surface area contributed by atoms with Crippen molar-refractivity contribution in [2.75, 3.05) is 0 Å². The smallest absolute Gasteiger partial charge is 0.240 e. The van der Waals surface area contributed by atoms with Crippen molar-refractivity contribution in [1.29, 1.82) is 0 Å². The van der Waals surface area contributed by atoms with E-state index >= 15 is 0 Å². The lowest BCUT2D eigenvalue weighted by molar-refractivity contribution is 0.569. The summed E-state index contributed by atoms with van der Waals surface area (Å²) in [4.78, 5) is 3.97. The molecular weight excluding hydrogens is 279 g/mol. The Bertz CT molecular complexity index is 730. The number of nitrogens with zero attached hydrogens (tertiary/aromatic N) is 1. The molecule has 0 radical (unpaired) electrons. The number of rotatable bonds is 4. The summed E-state index contributed by atoms with van der Waals surface area (Å²) in [5.41, 5.74) is 1.97. The Morgan fingerprint density at radius 2 is 1.95 bits per heavy atom. The van der Waals surface area contributed by atoms with Crippen LogP contribution in [0.4, 0.5) is 4.39 Å². The molecule has 2 rings (SSSR count). The molecule has 20 heavy (non-hydrogen) atoms. The van der Waals surface area contributed by atoms with Gasteiger partial charge in [-0.25, -0.2) is 17.5 Å². The summed E-state index contributed by atoms with van der Waals surface area (Å²) in [6.45, 7) is 3.57. The quantitative estimate of drug-likeness (QED) is 0.941. The summed E-state index contributed by atoms with van der Waals surface area (Å²) in [5, 5.41) is 0. The molecule has 1 aromatic carbocycles. The number of aryl methyl sites for hydroxylation is 2. The molecule has 0 atom stereocenters. The molecular formula is C14H15FN2O2S. The molecule has 1 aromatic heterocycles. The second-order valence-electron chi connectivity index (χ2n) is 4.50. The average Bonchev–Trinajstić information content (AvgIpc) is 2.41. The molecule has 0 spiro atoms. The number of nitrogens with one attached hydrogen (secondary N) is 1. The average molecular weight is 294 g/mol. The van der Waals surface area contributed by atoms with Gasteiger partial charge in [0.25, 0.3) is 0 Å². The molecule has 0 aliphatic rings. The van der Waals surface area contributed by atoms with Crippen LogP contribution in [0.3, 0.4) is 0 Å². The van der Waals surface area contributed by atoms with Crippen molar-refractivity contribution in [2.24, 2.45) is 0 Å². The van der Waals surface area contributed by atoms with Gasteiger partial charge in [0.1, 0.15) is 5.82 Å². The highest BCUT2D eigenvalue weighted by Gasteiger charge is 2.15. The van der Waals surface area contributed by atoms with E-state index in [1.54, 1.807) is 12.1 Å². The van der Waals surface area contributed by atoms with Crippen LogP contribution in [0.15, 0.2) is 41.4 Å². The summed E-state index contributed by atoms with van der Waals surface area (Å²) in [6.07, 6.45) is 1.42. The molecule has 0 amide bonds. The van der Waals surface area contributed by atoms with E-state index in [9.17, 15) is 12.8 Å². The second-order valence-corrected chi connectivity index (χ2v) is 6.27. The largest absolute Gasteiger partial charge is 0.257 e. The highest BCUT2D eigenvalue weighted by molar-refractivity contribution is 7.89. The first-order valence-corrected chi connectivity index (χ1v) is 7.55. The summed E-state index contributed by atoms with van der Waals surface area (Å²) in [6, 6.07) is 7.56. The van der Waals surface area contributed by atoms with E-state index in [2.05, 4.69) is 9.71 Å². The molecule has 0 bridgehead atoms. The Kier molecular flexibility index (Phi) is 4.15. The van der Waals surface area contributed by atoms with Crippen LogP contribution in [-0.4, -0.2) is 13.4 Å². The molecule has 0 saturated heterocycles. The van der Waals surface area contributed by atoms with Gasteiger partial charge in [-0.1, -0.05) is 6.07 Å². The third-order valence-electron chi connectivity index (χ3n) is 3.05. The number of hydrogen-bond donors (Lipinski definition) is 1. The molecule has 0 saturated carbocycles. The van der Waals surface area contributed by atoms with E-state index in [1.807, 2.05) is 13.8 Å². The van der Waals surface area contributed by atoms with Crippen LogP contribution in [0.5, 0.6) is 0 Å². The third-order valence-corrected chi connectivity index (χ3v) is 4.45. The molecule has 106 valence electrons. The van der Waals surface area contributed by atoms with Gasteiger partial charge in [0.15, 0.2) is 0 Å². The molecule has 0 fully saturated rings. The van der Waals surface area contributed by atoms with Gasteiger partial charge < -0.3 is 0 Å². The number of halogens is 1. The van der Waals surface area contributed by atoms with Gasteiger partial charge in [-0.05, 0) is 49.2 Å². The fourth-order valence-corrected chi connectivity index (χ4v) is 2.75. The predicted octanol–water partition coefficient (Wildman–Crippen LogP) is 2.32. The van der Waals surface area contributed by atoms with Gasteiger partial charge in [-0.15, -0.1) is 0 Å². The zero-order valence-corrected chi connectivity index (χ0v) is 12.0. The third kappa shape index (κ3) is 3.20. The maximum absolute atomic E-state index is 13.4. The Morgan fingerprint density at radius 3 is 2.60 bits per heavy atom. The maximum Gasteiger partial charge on any atom is 0.240 e. The van der Waals surface area contributed by atoms with E-state index in [0.717, 1.165) is 11.1 Å². The fourth-order valence-electron chi connectivity index (χ4n) is 1.68. The minimum Gasteiger partial charge on any atom is -0.257 e. The number of pyridine rings is 1. The van der Waals surface area contributed by atoms with Crippen molar-refractivity contribution >= 4 is 10.0 Å². The Hall–Kier alpha value is -1.79. The lowest BCUT2D eigenvalue weighted by atomic mass is 10.1. The minimum absolute atomic E-state index is 0.0694. The predicted molar refractivity (Wildman–Crippen MR) is 74.1 cm³/mol. The molecule has 1 N–H and O–H groups in total. The lowest BCUT2D eigenvalue weighted by Gasteiger charge is -2.08. The zero-order chi connectivity index (χ0) is 14.8. The van der Waals surface area contributed by atoms with E-state index in [1.165, 1.54) is 24.4 Å². The summed E-state index contributed by atoms with van der Waals surface area (Å²) in [7, 11) is -3.67. The summed E-state index contributed by atoms with van der Waals surface area (Å²) < 4.78 is 40.0. The van der Waals surface area contributed by atoms with Crippen LogP contribution in [0, 0.1) is 19.7 Å². The van der Waals surface area contributed by atoms with E-state index in [4.69, 9.17) is 0 Å².